The SMILES string of the molecule is [B]C([B])(O)c1sc2c(c1C)c(=O)n([C@H](C)C(F)(F)F)c(=O)n2CCOC. The number of ether oxygens (including phenoxy) is 1. The van der Waals surface area contributed by atoms with E-state index < -0.39 is 28.9 Å². The molecule has 0 fully saturated rings. The summed E-state index contributed by atoms with van der Waals surface area (Å²) in [6.07, 6.45) is -4.80. The lowest BCUT2D eigenvalue weighted by atomic mass is 9.64. The first-order valence-electron chi connectivity index (χ1n) is 7.47. The molecule has 0 aliphatic heterocycles. The van der Waals surface area contributed by atoms with Crippen LogP contribution in [-0.2, 0) is 16.7 Å². The van der Waals surface area contributed by atoms with Crippen molar-refractivity contribution in [1.29, 1.82) is 0 Å². The molecule has 4 radical (unpaired) electrons. The quantitative estimate of drug-likeness (QED) is 0.770. The number of aromatic nitrogens is 2. The van der Waals surface area contributed by atoms with Crippen LogP contribution in [0.5, 0.6) is 0 Å². The fourth-order valence-electron chi connectivity index (χ4n) is 2.61. The smallest absolute Gasteiger partial charge is 0.404 e. The van der Waals surface area contributed by atoms with Crippen molar-refractivity contribution >= 4 is 37.2 Å². The minimum absolute atomic E-state index is 0.0208. The lowest BCUT2D eigenvalue weighted by Gasteiger charge is -2.19. The zero-order chi connectivity index (χ0) is 20.0. The maximum Gasteiger partial charge on any atom is 0.409 e. The van der Waals surface area contributed by atoms with Gasteiger partial charge in [-0.15, -0.1) is 11.3 Å². The average Bonchev–Trinajstić information content (AvgIpc) is 2.84. The van der Waals surface area contributed by atoms with Crippen LogP contribution >= 0.6 is 11.3 Å². The van der Waals surface area contributed by atoms with Gasteiger partial charge in [0.1, 0.15) is 26.6 Å². The van der Waals surface area contributed by atoms with Crippen molar-refractivity contribution in [3.8, 4) is 0 Å². The Morgan fingerprint density at radius 3 is 2.35 bits per heavy atom. The number of rotatable bonds is 5. The van der Waals surface area contributed by atoms with Crippen molar-refractivity contribution in [2.24, 2.45) is 0 Å². The van der Waals surface area contributed by atoms with Crippen molar-refractivity contribution in [3.05, 3.63) is 31.3 Å². The summed E-state index contributed by atoms with van der Waals surface area (Å²) in [6.45, 7) is 2.05. The van der Waals surface area contributed by atoms with E-state index in [1.54, 1.807) is 0 Å². The highest BCUT2D eigenvalue weighted by molar-refractivity contribution is 7.19. The Bertz CT molecular complexity index is 943. The van der Waals surface area contributed by atoms with E-state index in [9.17, 15) is 27.9 Å². The molecule has 1 N–H and O–H groups in total. The van der Waals surface area contributed by atoms with Gasteiger partial charge in [-0.05, 0) is 19.4 Å². The van der Waals surface area contributed by atoms with E-state index in [1.165, 1.54) is 14.0 Å². The fraction of sp³-hybridized carbons (Fsp3) is 0.571. The number of nitrogens with zero attached hydrogens (tertiary/aromatic N) is 2. The van der Waals surface area contributed by atoms with Crippen LogP contribution in [0.15, 0.2) is 9.59 Å². The largest absolute Gasteiger partial charge is 0.409 e. The van der Waals surface area contributed by atoms with E-state index in [-0.39, 0.29) is 38.4 Å². The van der Waals surface area contributed by atoms with Gasteiger partial charge in [-0.1, -0.05) is 0 Å². The molecule has 6 nitrogen and oxygen atoms in total. The fourth-order valence-corrected chi connectivity index (χ4v) is 3.85. The molecule has 26 heavy (non-hydrogen) atoms. The zero-order valence-corrected chi connectivity index (χ0v) is 15.1. The molecule has 2 aromatic rings. The molecule has 2 rings (SSSR count). The first-order chi connectivity index (χ1) is 11.8. The summed E-state index contributed by atoms with van der Waals surface area (Å²) in [5, 5.41) is 7.42. The average molecular weight is 386 g/mol. The van der Waals surface area contributed by atoms with Crippen molar-refractivity contribution in [2.75, 3.05) is 13.7 Å². The highest BCUT2D eigenvalue weighted by Crippen LogP contribution is 2.34. The predicted octanol–water partition coefficient (Wildman–Crippen LogP) is 0.742. The molecule has 0 amide bonds. The molecular formula is C14H15B2F3N2O4S. The highest BCUT2D eigenvalue weighted by Gasteiger charge is 2.40. The predicted molar refractivity (Wildman–Crippen MR) is 93.1 cm³/mol. The molecule has 0 saturated carbocycles. The molecule has 0 unspecified atom stereocenters. The molecular weight excluding hydrogens is 371 g/mol. The summed E-state index contributed by atoms with van der Waals surface area (Å²) < 4.78 is 45.5. The van der Waals surface area contributed by atoms with E-state index in [0.717, 1.165) is 22.8 Å². The standard InChI is InChI=1S/C14H15B2F3N2O4S/c1-6-8-10(22)21(7(2)14(17,18)19)12(23)20(4-5-25-3)11(8)26-9(6)13(15,16)24/h7,24H,4-5H2,1-3H3/t7-/m1/s1. The van der Waals surface area contributed by atoms with Crippen LogP contribution in [-0.4, -0.2) is 49.8 Å². The minimum Gasteiger partial charge on any atom is -0.404 e. The molecule has 2 heterocycles. The van der Waals surface area contributed by atoms with Crippen LogP contribution in [0, 0.1) is 6.92 Å². The van der Waals surface area contributed by atoms with Crippen LogP contribution in [0.4, 0.5) is 13.2 Å². The van der Waals surface area contributed by atoms with E-state index in [4.69, 9.17) is 20.4 Å². The number of methoxy groups -OCH3 is 1. The molecule has 0 saturated heterocycles. The van der Waals surface area contributed by atoms with Gasteiger partial charge in [0.05, 0.1) is 18.5 Å². The Morgan fingerprint density at radius 1 is 1.31 bits per heavy atom. The third kappa shape index (κ3) is 3.49. The monoisotopic (exact) mass is 386 g/mol. The number of fused-ring (bicyclic) bond motifs is 1. The highest BCUT2D eigenvalue weighted by atomic mass is 32.1. The van der Waals surface area contributed by atoms with E-state index in [2.05, 4.69) is 0 Å². The van der Waals surface area contributed by atoms with Crippen molar-refractivity contribution < 1.29 is 23.0 Å². The van der Waals surface area contributed by atoms with E-state index in [0.29, 0.717) is 0 Å². The Labute approximate surface area is 153 Å². The van der Waals surface area contributed by atoms with Crippen molar-refractivity contribution in [2.45, 2.75) is 38.0 Å². The van der Waals surface area contributed by atoms with Gasteiger partial charge in [-0.25, -0.2) is 9.36 Å². The molecule has 0 bridgehead atoms. The second kappa shape index (κ2) is 6.90. The van der Waals surface area contributed by atoms with Gasteiger partial charge in [0, 0.05) is 17.4 Å². The van der Waals surface area contributed by atoms with Crippen LogP contribution in [0.3, 0.4) is 0 Å². The maximum atomic E-state index is 13.2. The molecule has 0 spiro atoms. The zero-order valence-electron chi connectivity index (χ0n) is 14.3. The summed E-state index contributed by atoms with van der Waals surface area (Å²) in [6, 6.07) is -2.34. The first-order valence-corrected chi connectivity index (χ1v) is 8.28. The van der Waals surface area contributed by atoms with Crippen LogP contribution in [0.1, 0.15) is 23.4 Å². The van der Waals surface area contributed by atoms with Gasteiger partial charge in [0.2, 0.25) is 0 Å². The molecule has 138 valence electrons. The van der Waals surface area contributed by atoms with Gasteiger partial charge in [-0.2, -0.15) is 13.2 Å². The van der Waals surface area contributed by atoms with Gasteiger partial charge in [0.15, 0.2) is 0 Å². The topological polar surface area (TPSA) is 73.5 Å². The van der Waals surface area contributed by atoms with Gasteiger partial charge >= 0.3 is 11.9 Å². The maximum absolute atomic E-state index is 13.2. The van der Waals surface area contributed by atoms with Crippen LogP contribution < -0.4 is 11.2 Å². The number of aryl methyl sites for hydroxylation is 1. The lowest BCUT2D eigenvalue weighted by molar-refractivity contribution is -0.164. The number of hydrogen-bond donors (Lipinski definition) is 1. The second-order valence-corrected chi connectivity index (χ2v) is 6.88. The molecule has 2 aromatic heterocycles. The molecule has 1 atom stereocenters. The number of halogens is 3. The summed E-state index contributed by atoms with van der Waals surface area (Å²) in [4.78, 5) is 25.4. The Morgan fingerprint density at radius 2 is 1.88 bits per heavy atom. The van der Waals surface area contributed by atoms with Crippen LogP contribution in [0.2, 0.25) is 0 Å². The van der Waals surface area contributed by atoms with Gasteiger partial charge in [-0.3, -0.25) is 9.36 Å². The minimum atomic E-state index is -4.80. The molecule has 12 heteroatoms. The third-order valence-corrected chi connectivity index (χ3v) is 5.44. The summed E-state index contributed by atoms with van der Waals surface area (Å²) in [5.74, 6) is 0. The normalized spacial score (nSPS) is 14.1. The number of aliphatic hydroxyl groups is 1. The van der Waals surface area contributed by atoms with Crippen molar-refractivity contribution in [1.82, 2.24) is 9.13 Å². The summed E-state index contributed by atoms with van der Waals surface area (Å²) in [7, 11) is 12.3. The van der Waals surface area contributed by atoms with Crippen molar-refractivity contribution in [3.63, 3.8) is 0 Å². The van der Waals surface area contributed by atoms with Gasteiger partial charge in [0.25, 0.3) is 5.56 Å². The Hall–Kier alpha value is -1.52. The van der Waals surface area contributed by atoms with E-state index >= 15 is 0 Å². The molecule has 0 aliphatic carbocycles. The summed E-state index contributed by atoms with van der Waals surface area (Å²) >= 11 is 0.777. The number of alkyl halides is 3. The molecule has 0 aromatic carbocycles. The van der Waals surface area contributed by atoms with Gasteiger partial charge < -0.3 is 9.84 Å². The lowest BCUT2D eigenvalue weighted by Crippen LogP contribution is -2.45. The Kier molecular flexibility index (Phi) is 5.51. The summed E-state index contributed by atoms with van der Waals surface area (Å²) in [5.41, 5.74) is -2.13. The molecule has 0 aliphatic rings. The Balaban J connectivity index is 2.98. The third-order valence-electron chi connectivity index (χ3n) is 3.99. The second-order valence-electron chi connectivity index (χ2n) is 5.88. The number of hydrogen-bond acceptors (Lipinski definition) is 5. The number of thiophene rings is 1. The van der Waals surface area contributed by atoms with E-state index in [1.807, 2.05) is 0 Å². The van der Waals surface area contributed by atoms with Crippen LogP contribution in [0.25, 0.3) is 10.2 Å². The first kappa shape index (κ1) is 20.8.